The van der Waals surface area contributed by atoms with Crippen LogP contribution in [0.2, 0.25) is 0 Å². The molecule has 0 saturated carbocycles. The van der Waals surface area contributed by atoms with Gasteiger partial charge < -0.3 is 20.2 Å². The molecular formula is C22H24FN3O3. The zero-order valence-electron chi connectivity index (χ0n) is 16.4. The molecule has 29 heavy (non-hydrogen) atoms. The average molecular weight is 397 g/mol. The third-order valence-electron chi connectivity index (χ3n) is 5.68. The molecule has 2 N–H and O–H groups in total. The maximum absolute atomic E-state index is 14.3. The lowest BCUT2D eigenvalue weighted by molar-refractivity contribution is -0.00817. The highest BCUT2D eigenvalue weighted by atomic mass is 19.1. The molecule has 6 nitrogen and oxygen atoms in total. The Kier molecular flexibility index (Phi) is 5.00. The number of halogens is 1. The molecule has 2 aromatic carbocycles. The standard InChI is InChI=1S/C22H24FN3O3/c1-13(2)24-22(29)26-18-11-25(21(28)14-7-3-5-9-16(14)23)17-10-6-4-8-15(17)20(18)19(26)12-27/h3-10,13,18-20,27H,11-12H2,1-2H3,(H,24,29)/t18-,19+,20+/m1/s1. The molecule has 0 aliphatic carbocycles. The SMILES string of the molecule is CC(C)NC(=O)N1[C@@H]2CN(C(=O)c3ccccc3F)c3ccccc3[C@@H]2[C@@H]1CO. The Balaban J connectivity index is 1.72. The van der Waals surface area contributed by atoms with E-state index in [0.29, 0.717) is 5.69 Å². The molecule has 152 valence electrons. The number of carbonyl (C=O) groups excluding carboxylic acids is 2. The van der Waals surface area contributed by atoms with E-state index in [4.69, 9.17) is 0 Å². The maximum Gasteiger partial charge on any atom is 0.318 e. The van der Waals surface area contributed by atoms with Crippen LogP contribution in [0.15, 0.2) is 48.5 Å². The number of anilines is 1. The normalized spacial score (nSPS) is 22.6. The highest BCUT2D eigenvalue weighted by Gasteiger charge is 2.55. The number of amides is 3. The van der Waals surface area contributed by atoms with Crippen LogP contribution in [0, 0.1) is 5.82 Å². The monoisotopic (exact) mass is 397 g/mol. The molecule has 0 unspecified atom stereocenters. The lowest BCUT2D eigenvalue weighted by Crippen LogP contribution is -2.72. The van der Waals surface area contributed by atoms with Crippen LogP contribution < -0.4 is 10.2 Å². The van der Waals surface area contributed by atoms with Gasteiger partial charge in [0.25, 0.3) is 5.91 Å². The Morgan fingerprint density at radius 2 is 1.86 bits per heavy atom. The molecular weight excluding hydrogens is 373 g/mol. The first-order chi connectivity index (χ1) is 13.9. The lowest BCUT2D eigenvalue weighted by atomic mass is 9.72. The molecule has 3 atom stereocenters. The molecule has 7 heteroatoms. The quantitative estimate of drug-likeness (QED) is 0.837. The third kappa shape index (κ3) is 3.15. The highest BCUT2D eigenvalue weighted by Crippen LogP contribution is 2.48. The number of urea groups is 1. The number of carbonyl (C=O) groups is 2. The minimum Gasteiger partial charge on any atom is -0.394 e. The fourth-order valence-corrected chi connectivity index (χ4v) is 4.46. The van der Waals surface area contributed by atoms with E-state index in [2.05, 4.69) is 5.32 Å². The van der Waals surface area contributed by atoms with Gasteiger partial charge in [0.1, 0.15) is 5.82 Å². The van der Waals surface area contributed by atoms with Crippen LogP contribution in [-0.4, -0.2) is 53.2 Å². The minimum atomic E-state index is -0.576. The second-order valence-corrected chi connectivity index (χ2v) is 7.81. The molecule has 4 rings (SSSR count). The maximum atomic E-state index is 14.3. The molecule has 2 aliphatic heterocycles. The second-order valence-electron chi connectivity index (χ2n) is 7.81. The number of aliphatic hydroxyl groups excluding tert-OH is 1. The van der Waals surface area contributed by atoms with Crippen LogP contribution in [0.1, 0.15) is 35.7 Å². The zero-order chi connectivity index (χ0) is 20.7. The predicted molar refractivity (Wildman–Crippen MR) is 107 cm³/mol. The minimum absolute atomic E-state index is 0.00281. The highest BCUT2D eigenvalue weighted by molar-refractivity contribution is 6.07. The van der Waals surface area contributed by atoms with Gasteiger partial charge in [-0.1, -0.05) is 30.3 Å². The van der Waals surface area contributed by atoms with E-state index in [1.807, 2.05) is 38.1 Å². The van der Waals surface area contributed by atoms with Gasteiger partial charge in [-0.25, -0.2) is 9.18 Å². The van der Waals surface area contributed by atoms with Gasteiger partial charge in [0.15, 0.2) is 0 Å². The molecule has 1 fully saturated rings. The summed E-state index contributed by atoms with van der Waals surface area (Å²) in [6.07, 6.45) is 0. The van der Waals surface area contributed by atoms with E-state index in [9.17, 15) is 19.1 Å². The van der Waals surface area contributed by atoms with Gasteiger partial charge in [-0.05, 0) is 37.6 Å². The summed E-state index contributed by atoms with van der Waals surface area (Å²) in [7, 11) is 0. The Morgan fingerprint density at radius 3 is 2.55 bits per heavy atom. The molecule has 1 saturated heterocycles. The number of hydrogen-bond acceptors (Lipinski definition) is 3. The average Bonchev–Trinajstić information content (AvgIpc) is 2.67. The summed E-state index contributed by atoms with van der Waals surface area (Å²) in [4.78, 5) is 29.0. The third-order valence-corrected chi connectivity index (χ3v) is 5.68. The van der Waals surface area contributed by atoms with Crippen LogP contribution in [0.25, 0.3) is 0 Å². The number of hydrogen-bond donors (Lipinski definition) is 2. The zero-order valence-corrected chi connectivity index (χ0v) is 16.4. The number of nitrogens with zero attached hydrogens (tertiary/aromatic N) is 2. The Hall–Kier alpha value is -2.93. The van der Waals surface area contributed by atoms with Crippen molar-refractivity contribution < 1.29 is 19.1 Å². The molecule has 0 bridgehead atoms. The molecule has 0 radical (unpaired) electrons. The lowest BCUT2D eigenvalue weighted by Gasteiger charge is -2.58. The van der Waals surface area contributed by atoms with Crippen molar-refractivity contribution in [3.63, 3.8) is 0 Å². The smallest absolute Gasteiger partial charge is 0.318 e. The molecule has 0 aromatic heterocycles. The van der Waals surface area contributed by atoms with Crippen LogP contribution in [0.4, 0.5) is 14.9 Å². The number of nitrogens with one attached hydrogen (secondary N) is 1. The summed E-state index contributed by atoms with van der Waals surface area (Å²) >= 11 is 0. The number of para-hydroxylation sites is 1. The van der Waals surface area contributed by atoms with E-state index in [-0.39, 0.29) is 48.8 Å². The first kappa shape index (κ1) is 19.4. The van der Waals surface area contributed by atoms with Crippen molar-refractivity contribution in [2.24, 2.45) is 0 Å². The van der Waals surface area contributed by atoms with Crippen LogP contribution in [0.3, 0.4) is 0 Å². The van der Waals surface area contributed by atoms with Crippen molar-refractivity contribution in [2.75, 3.05) is 18.1 Å². The van der Waals surface area contributed by atoms with Crippen molar-refractivity contribution in [3.05, 3.63) is 65.5 Å². The van der Waals surface area contributed by atoms with E-state index >= 15 is 0 Å². The molecule has 2 heterocycles. The van der Waals surface area contributed by atoms with Gasteiger partial charge in [0.05, 0.1) is 24.3 Å². The Morgan fingerprint density at radius 1 is 1.17 bits per heavy atom. The molecule has 2 aromatic rings. The van der Waals surface area contributed by atoms with Gasteiger partial charge in [0, 0.05) is 24.2 Å². The fraction of sp³-hybridized carbons (Fsp3) is 0.364. The summed E-state index contributed by atoms with van der Waals surface area (Å²) in [6, 6.07) is 12.4. The molecule has 2 aliphatic rings. The van der Waals surface area contributed by atoms with Crippen molar-refractivity contribution >= 4 is 17.6 Å². The molecule has 3 amide bonds. The summed E-state index contributed by atoms with van der Waals surface area (Å²) in [5.74, 6) is -1.09. The van der Waals surface area contributed by atoms with Gasteiger partial charge in [0.2, 0.25) is 0 Å². The summed E-state index contributed by atoms with van der Waals surface area (Å²) in [6.45, 7) is 3.82. The topological polar surface area (TPSA) is 72.9 Å². The van der Waals surface area contributed by atoms with Crippen molar-refractivity contribution in [3.8, 4) is 0 Å². The fourth-order valence-electron chi connectivity index (χ4n) is 4.46. The first-order valence-electron chi connectivity index (χ1n) is 9.79. The van der Waals surface area contributed by atoms with E-state index in [0.717, 1.165) is 5.56 Å². The predicted octanol–water partition coefficient (Wildman–Crippen LogP) is 2.73. The van der Waals surface area contributed by atoms with Crippen LogP contribution >= 0.6 is 0 Å². The van der Waals surface area contributed by atoms with E-state index < -0.39 is 11.7 Å². The number of rotatable bonds is 3. The Bertz CT molecular complexity index is 948. The van der Waals surface area contributed by atoms with E-state index in [1.165, 1.54) is 17.0 Å². The van der Waals surface area contributed by atoms with Crippen LogP contribution in [0.5, 0.6) is 0 Å². The number of likely N-dealkylation sites (tertiary alicyclic amines) is 1. The first-order valence-corrected chi connectivity index (χ1v) is 9.79. The van der Waals surface area contributed by atoms with Gasteiger partial charge in [-0.15, -0.1) is 0 Å². The Labute approximate surface area is 168 Å². The van der Waals surface area contributed by atoms with Crippen molar-refractivity contribution in [2.45, 2.75) is 37.9 Å². The van der Waals surface area contributed by atoms with Gasteiger partial charge in [-0.3, -0.25) is 4.79 Å². The number of fused-ring (bicyclic) bond motifs is 3. The van der Waals surface area contributed by atoms with Gasteiger partial charge >= 0.3 is 6.03 Å². The van der Waals surface area contributed by atoms with E-state index in [1.54, 1.807) is 17.0 Å². The number of aliphatic hydroxyl groups is 1. The summed E-state index contributed by atoms with van der Waals surface area (Å²) in [5, 5.41) is 12.8. The van der Waals surface area contributed by atoms with Crippen molar-refractivity contribution in [1.82, 2.24) is 10.2 Å². The van der Waals surface area contributed by atoms with Gasteiger partial charge in [-0.2, -0.15) is 0 Å². The number of benzene rings is 2. The summed E-state index contributed by atoms with van der Waals surface area (Å²) in [5.41, 5.74) is 1.59. The largest absolute Gasteiger partial charge is 0.394 e. The summed E-state index contributed by atoms with van der Waals surface area (Å²) < 4.78 is 14.3. The molecule has 0 spiro atoms. The van der Waals surface area contributed by atoms with Crippen molar-refractivity contribution in [1.29, 1.82) is 0 Å². The van der Waals surface area contributed by atoms with Crippen LogP contribution in [-0.2, 0) is 0 Å². The second kappa shape index (κ2) is 7.48.